The molecule has 0 spiro atoms. The smallest absolute Gasteiger partial charge is 0.191 e. The molecule has 2 N–H and O–H groups in total. The molecule has 0 saturated heterocycles. The van der Waals surface area contributed by atoms with Crippen LogP contribution in [0.5, 0.6) is 0 Å². The van der Waals surface area contributed by atoms with Crippen LogP contribution in [-0.2, 0) is 13.0 Å². The van der Waals surface area contributed by atoms with Crippen LogP contribution in [0, 0.1) is 5.92 Å². The van der Waals surface area contributed by atoms with Gasteiger partial charge in [0.05, 0.1) is 0 Å². The van der Waals surface area contributed by atoms with E-state index < -0.39 is 0 Å². The normalized spacial score (nSPS) is 13.6. The average molecular weight is 469 g/mol. The van der Waals surface area contributed by atoms with Crippen molar-refractivity contribution in [2.45, 2.75) is 46.2 Å². The lowest BCUT2D eigenvalue weighted by Crippen LogP contribution is -2.42. The highest BCUT2D eigenvalue weighted by molar-refractivity contribution is 14.0. The number of benzene rings is 1. The van der Waals surface area contributed by atoms with Gasteiger partial charge in [0.2, 0.25) is 0 Å². The number of rotatable bonds is 9. The first-order valence-electron chi connectivity index (χ1n) is 9.23. The molecule has 2 atom stereocenters. The highest BCUT2D eigenvalue weighted by atomic mass is 127. The zero-order valence-corrected chi connectivity index (χ0v) is 18.4. The van der Waals surface area contributed by atoms with Gasteiger partial charge in [-0.1, -0.05) is 37.3 Å². The summed E-state index contributed by atoms with van der Waals surface area (Å²) >= 11 is 0. The zero-order chi connectivity index (χ0) is 17.9. The second-order valence-electron chi connectivity index (χ2n) is 6.62. The Bertz CT molecular complexity index is 612. The highest BCUT2D eigenvalue weighted by Gasteiger charge is 2.07. The molecule has 0 amide bonds. The van der Waals surface area contributed by atoms with E-state index in [1.807, 2.05) is 23.1 Å². The molecule has 6 heteroatoms. The van der Waals surface area contributed by atoms with Gasteiger partial charge < -0.3 is 10.6 Å². The van der Waals surface area contributed by atoms with Gasteiger partial charge in [-0.05, 0) is 44.2 Å². The van der Waals surface area contributed by atoms with Crippen LogP contribution in [0.2, 0.25) is 0 Å². The number of aryl methyl sites for hydroxylation is 1. The molecular formula is C20H32IN5. The third-order valence-corrected chi connectivity index (χ3v) is 4.06. The van der Waals surface area contributed by atoms with Crippen molar-refractivity contribution in [1.29, 1.82) is 0 Å². The van der Waals surface area contributed by atoms with Crippen LogP contribution in [0.15, 0.2) is 53.8 Å². The number of hydrogen-bond donors (Lipinski definition) is 2. The number of aliphatic imine (C=N–C) groups is 1. The highest BCUT2D eigenvalue weighted by Crippen LogP contribution is 2.05. The van der Waals surface area contributed by atoms with Crippen molar-refractivity contribution in [3.8, 4) is 0 Å². The van der Waals surface area contributed by atoms with Crippen molar-refractivity contribution < 1.29 is 0 Å². The van der Waals surface area contributed by atoms with Gasteiger partial charge in [0, 0.05) is 38.1 Å². The fourth-order valence-electron chi connectivity index (χ4n) is 2.69. The molecule has 0 bridgehead atoms. The summed E-state index contributed by atoms with van der Waals surface area (Å²) in [4.78, 5) is 4.74. The largest absolute Gasteiger partial charge is 0.357 e. The van der Waals surface area contributed by atoms with Gasteiger partial charge in [-0.3, -0.25) is 9.67 Å². The van der Waals surface area contributed by atoms with E-state index in [4.69, 9.17) is 4.99 Å². The first kappa shape index (κ1) is 22.5. The molecule has 0 aliphatic heterocycles. The van der Waals surface area contributed by atoms with Crippen LogP contribution in [0.1, 0.15) is 32.8 Å². The molecule has 2 aromatic rings. The number of aromatic nitrogens is 2. The van der Waals surface area contributed by atoms with Gasteiger partial charge in [0.1, 0.15) is 0 Å². The van der Waals surface area contributed by atoms with Crippen LogP contribution in [-0.4, -0.2) is 34.9 Å². The van der Waals surface area contributed by atoms with E-state index in [0.717, 1.165) is 38.4 Å². The molecule has 5 nitrogen and oxygen atoms in total. The van der Waals surface area contributed by atoms with Crippen LogP contribution in [0.25, 0.3) is 0 Å². The van der Waals surface area contributed by atoms with E-state index >= 15 is 0 Å². The van der Waals surface area contributed by atoms with Crippen molar-refractivity contribution in [2.24, 2.45) is 10.9 Å². The third-order valence-electron chi connectivity index (χ3n) is 4.06. The number of guanidine groups is 1. The minimum absolute atomic E-state index is 0. The Kier molecular flexibility index (Phi) is 11.0. The van der Waals surface area contributed by atoms with E-state index in [2.05, 4.69) is 66.8 Å². The molecule has 0 aliphatic carbocycles. The second-order valence-corrected chi connectivity index (χ2v) is 6.62. The molecule has 1 heterocycles. The third kappa shape index (κ3) is 8.69. The molecule has 0 aliphatic rings. The minimum Gasteiger partial charge on any atom is -0.357 e. The van der Waals surface area contributed by atoms with Crippen LogP contribution >= 0.6 is 24.0 Å². The summed E-state index contributed by atoms with van der Waals surface area (Å²) < 4.78 is 1.96. The Hall–Kier alpha value is -1.57. The van der Waals surface area contributed by atoms with E-state index in [-0.39, 0.29) is 24.0 Å². The maximum absolute atomic E-state index is 4.74. The van der Waals surface area contributed by atoms with Crippen LogP contribution < -0.4 is 10.6 Å². The summed E-state index contributed by atoms with van der Waals surface area (Å²) in [6.07, 6.45) is 5.97. The van der Waals surface area contributed by atoms with Crippen molar-refractivity contribution >= 4 is 29.9 Å². The van der Waals surface area contributed by atoms with Crippen LogP contribution in [0.4, 0.5) is 0 Å². The number of hydrogen-bond acceptors (Lipinski definition) is 2. The molecule has 0 saturated carbocycles. The number of nitrogens with one attached hydrogen (secondary N) is 2. The van der Waals surface area contributed by atoms with Gasteiger partial charge in [-0.2, -0.15) is 5.10 Å². The summed E-state index contributed by atoms with van der Waals surface area (Å²) in [6, 6.07) is 13.0. The minimum atomic E-state index is 0. The Morgan fingerprint density at radius 1 is 1.19 bits per heavy atom. The SMILES string of the molecule is CCNC(=NCC(C)Cn1cccn1)NC(C)CCc1ccccc1.I. The van der Waals surface area contributed by atoms with Gasteiger partial charge in [0.25, 0.3) is 0 Å². The van der Waals surface area contributed by atoms with E-state index in [1.165, 1.54) is 5.56 Å². The second kappa shape index (κ2) is 12.7. The molecule has 1 aromatic carbocycles. The van der Waals surface area contributed by atoms with E-state index in [0.29, 0.717) is 12.0 Å². The molecule has 2 unspecified atom stereocenters. The Morgan fingerprint density at radius 2 is 1.96 bits per heavy atom. The van der Waals surface area contributed by atoms with Gasteiger partial charge in [-0.25, -0.2) is 0 Å². The topological polar surface area (TPSA) is 54.2 Å². The molecule has 0 radical (unpaired) electrons. The Morgan fingerprint density at radius 3 is 2.62 bits per heavy atom. The molecular weight excluding hydrogens is 437 g/mol. The first-order chi connectivity index (χ1) is 12.2. The summed E-state index contributed by atoms with van der Waals surface area (Å²) in [6.45, 7) is 9.04. The maximum atomic E-state index is 4.74. The fourth-order valence-corrected chi connectivity index (χ4v) is 2.69. The van der Waals surface area contributed by atoms with Gasteiger partial charge in [0.15, 0.2) is 5.96 Å². The Balaban J connectivity index is 0.00000338. The predicted octanol–water partition coefficient (Wildman–Crippen LogP) is 3.71. The van der Waals surface area contributed by atoms with Gasteiger partial charge in [-0.15, -0.1) is 24.0 Å². The molecule has 0 fully saturated rings. The van der Waals surface area contributed by atoms with Crippen molar-refractivity contribution in [1.82, 2.24) is 20.4 Å². The van der Waals surface area contributed by atoms with Gasteiger partial charge >= 0.3 is 0 Å². The summed E-state index contributed by atoms with van der Waals surface area (Å²) in [5.41, 5.74) is 1.38. The number of nitrogens with zero attached hydrogens (tertiary/aromatic N) is 3. The lowest BCUT2D eigenvalue weighted by Gasteiger charge is -2.18. The lowest BCUT2D eigenvalue weighted by molar-refractivity contribution is 0.457. The Labute approximate surface area is 174 Å². The fraction of sp³-hybridized carbons (Fsp3) is 0.500. The first-order valence-corrected chi connectivity index (χ1v) is 9.23. The van der Waals surface area contributed by atoms with Crippen molar-refractivity contribution in [3.63, 3.8) is 0 Å². The van der Waals surface area contributed by atoms with Crippen molar-refractivity contribution in [3.05, 3.63) is 54.4 Å². The standard InChI is InChI=1S/C20H31N5.HI/c1-4-21-20(22-15-17(2)16-25-14-8-13-23-25)24-18(3)11-12-19-9-6-5-7-10-19;/h5-10,13-14,17-18H,4,11-12,15-16H2,1-3H3,(H2,21,22,24);1H. The maximum Gasteiger partial charge on any atom is 0.191 e. The average Bonchev–Trinajstić information content (AvgIpc) is 3.12. The summed E-state index contributed by atoms with van der Waals surface area (Å²) in [5.74, 6) is 1.34. The number of halogens is 1. The quantitative estimate of drug-likeness (QED) is 0.335. The monoisotopic (exact) mass is 469 g/mol. The van der Waals surface area contributed by atoms with E-state index in [9.17, 15) is 0 Å². The predicted molar refractivity (Wildman–Crippen MR) is 120 cm³/mol. The molecule has 144 valence electrons. The summed E-state index contributed by atoms with van der Waals surface area (Å²) in [7, 11) is 0. The lowest BCUT2D eigenvalue weighted by atomic mass is 10.1. The zero-order valence-electron chi connectivity index (χ0n) is 16.1. The van der Waals surface area contributed by atoms with Crippen molar-refractivity contribution in [2.75, 3.05) is 13.1 Å². The summed E-state index contributed by atoms with van der Waals surface area (Å²) in [5, 5.41) is 11.1. The molecule has 2 rings (SSSR count). The van der Waals surface area contributed by atoms with Crippen LogP contribution in [0.3, 0.4) is 0 Å². The molecule has 26 heavy (non-hydrogen) atoms. The molecule has 1 aromatic heterocycles. The van der Waals surface area contributed by atoms with E-state index in [1.54, 1.807) is 0 Å².